The van der Waals surface area contributed by atoms with Crippen LogP contribution in [-0.4, -0.2) is 37.3 Å². The van der Waals surface area contributed by atoms with Crippen LogP contribution >= 0.6 is 23.4 Å². The van der Waals surface area contributed by atoms with E-state index in [2.05, 4.69) is 20.2 Å². The number of carbonyl (C=O) groups excluding carboxylic acids is 1. The molecule has 0 aliphatic carbocycles. The largest absolute Gasteiger partial charge is 0.462 e. The van der Waals surface area contributed by atoms with Crippen molar-refractivity contribution in [3.8, 4) is 17.1 Å². The summed E-state index contributed by atoms with van der Waals surface area (Å²) in [5.74, 6) is 1.48. The monoisotopic (exact) mass is 520 g/mol. The SMILES string of the molecule is CCOC(=O)c1c(C)oc2nc(CSc3nnc(-c4ccccc4)n3-c3ccc(Cl)cc3)nc(N)c12. The molecule has 2 N–H and O–H groups in total. The summed E-state index contributed by atoms with van der Waals surface area (Å²) < 4.78 is 12.8. The Morgan fingerprint density at radius 1 is 1.11 bits per heavy atom. The number of hydrogen-bond donors (Lipinski definition) is 1. The third kappa shape index (κ3) is 4.52. The number of thioether (sulfide) groups is 1. The zero-order valence-electron chi connectivity index (χ0n) is 19.4. The number of hydrogen-bond acceptors (Lipinski definition) is 9. The Balaban J connectivity index is 1.49. The van der Waals surface area contributed by atoms with Crippen LogP contribution in [0.25, 0.3) is 28.2 Å². The molecule has 0 spiro atoms. The number of aryl methyl sites for hydroxylation is 1. The Morgan fingerprint density at radius 3 is 2.58 bits per heavy atom. The molecule has 36 heavy (non-hydrogen) atoms. The van der Waals surface area contributed by atoms with Crippen LogP contribution in [-0.2, 0) is 10.5 Å². The van der Waals surface area contributed by atoms with E-state index in [9.17, 15) is 4.79 Å². The number of nitrogens with zero attached hydrogens (tertiary/aromatic N) is 5. The molecule has 0 aliphatic rings. The van der Waals surface area contributed by atoms with Gasteiger partial charge in [0.2, 0.25) is 5.71 Å². The molecule has 2 aromatic carbocycles. The van der Waals surface area contributed by atoms with Gasteiger partial charge in [-0.2, -0.15) is 4.98 Å². The molecule has 11 heteroatoms. The summed E-state index contributed by atoms with van der Waals surface area (Å²) in [6.07, 6.45) is 0. The fourth-order valence-corrected chi connectivity index (χ4v) is 4.72. The van der Waals surface area contributed by atoms with Gasteiger partial charge in [0.1, 0.15) is 23.0 Å². The average molecular weight is 521 g/mol. The van der Waals surface area contributed by atoms with Gasteiger partial charge in [-0.15, -0.1) is 10.2 Å². The molecule has 0 atom stereocenters. The van der Waals surface area contributed by atoms with Gasteiger partial charge in [-0.25, -0.2) is 9.78 Å². The zero-order valence-corrected chi connectivity index (χ0v) is 21.0. The summed E-state index contributed by atoms with van der Waals surface area (Å²) in [6, 6.07) is 17.2. The highest BCUT2D eigenvalue weighted by molar-refractivity contribution is 7.98. The number of rotatable bonds is 7. The molecule has 9 nitrogen and oxygen atoms in total. The van der Waals surface area contributed by atoms with E-state index in [1.807, 2.05) is 59.2 Å². The number of esters is 1. The summed E-state index contributed by atoms with van der Waals surface area (Å²) in [5, 5.41) is 10.5. The van der Waals surface area contributed by atoms with Crippen molar-refractivity contribution in [3.63, 3.8) is 0 Å². The summed E-state index contributed by atoms with van der Waals surface area (Å²) in [4.78, 5) is 21.3. The second kappa shape index (κ2) is 10.00. The Labute approximate surface area is 215 Å². The number of fused-ring (bicyclic) bond motifs is 1. The van der Waals surface area contributed by atoms with Crippen molar-refractivity contribution in [1.82, 2.24) is 24.7 Å². The minimum absolute atomic E-state index is 0.152. The summed E-state index contributed by atoms with van der Waals surface area (Å²) in [7, 11) is 0. The first-order chi connectivity index (χ1) is 17.5. The Kier molecular flexibility index (Phi) is 6.62. The highest BCUT2D eigenvalue weighted by Crippen LogP contribution is 2.32. The second-order valence-electron chi connectivity index (χ2n) is 7.73. The van der Waals surface area contributed by atoms with Crippen LogP contribution in [0.2, 0.25) is 5.02 Å². The van der Waals surface area contributed by atoms with Crippen LogP contribution < -0.4 is 5.73 Å². The van der Waals surface area contributed by atoms with Gasteiger partial charge in [0.15, 0.2) is 11.0 Å². The van der Waals surface area contributed by atoms with Crippen LogP contribution in [0.3, 0.4) is 0 Å². The maximum Gasteiger partial charge on any atom is 0.342 e. The predicted octanol–water partition coefficient (Wildman–Crippen LogP) is 5.48. The van der Waals surface area contributed by atoms with E-state index in [0.717, 1.165) is 11.3 Å². The van der Waals surface area contributed by atoms with Crippen molar-refractivity contribution >= 4 is 46.2 Å². The van der Waals surface area contributed by atoms with Crippen LogP contribution in [0, 0.1) is 6.92 Å². The lowest BCUT2D eigenvalue weighted by Crippen LogP contribution is -2.07. The van der Waals surface area contributed by atoms with E-state index < -0.39 is 5.97 Å². The molecule has 0 bridgehead atoms. The number of furan rings is 1. The van der Waals surface area contributed by atoms with E-state index >= 15 is 0 Å². The lowest BCUT2D eigenvalue weighted by atomic mass is 10.2. The van der Waals surface area contributed by atoms with Crippen molar-refractivity contribution in [2.24, 2.45) is 0 Å². The molecule has 0 amide bonds. The molecule has 0 saturated carbocycles. The molecular weight excluding hydrogens is 500 g/mol. The molecule has 0 fully saturated rings. The fraction of sp³-hybridized carbons (Fsp3) is 0.160. The first-order valence-electron chi connectivity index (χ1n) is 11.1. The van der Waals surface area contributed by atoms with Gasteiger partial charge < -0.3 is 14.9 Å². The van der Waals surface area contributed by atoms with Crippen molar-refractivity contribution in [2.75, 3.05) is 12.3 Å². The van der Waals surface area contributed by atoms with Gasteiger partial charge in [0.25, 0.3) is 0 Å². The molecule has 0 radical (unpaired) electrons. The smallest absolute Gasteiger partial charge is 0.342 e. The van der Waals surface area contributed by atoms with E-state index in [0.29, 0.717) is 38.7 Å². The highest BCUT2D eigenvalue weighted by Gasteiger charge is 2.24. The topological polar surface area (TPSA) is 122 Å². The number of anilines is 1. The van der Waals surface area contributed by atoms with Crippen molar-refractivity contribution in [3.05, 3.63) is 76.8 Å². The number of nitrogen functional groups attached to an aromatic ring is 1. The summed E-state index contributed by atoms with van der Waals surface area (Å²) in [5.41, 5.74) is 8.49. The van der Waals surface area contributed by atoms with E-state index in [1.54, 1.807) is 13.8 Å². The first-order valence-corrected chi connectivity index (χ1v) is 12.4. The number of ether oxygens (including phenoxy) is 1. The molecule has 3 heterocycles. The normalized spacial score (nSPS) is 11.2. The average Bonchev–Trinajstić information content (AvgIpc) is 3.45. The van der Waals surface area contributed by atoms with Gasteiger partial charge in [-0.1, -0.05) is 53.7 Å². The highest BCUT2D eigenvalue weighted by atomic mass is 35.5. The summed E-state index contributed by atoms with van der Waals surface area (Å²) in [6.45, 7) is 3.64. The number of carbonyl (C=O) groups is 1. The minimum atomic E-state index is -0.518. The van der Waals surface area contributed by atoms with Crippen LogP contribution in [0.5, 0.6) is 0 Å². The molecule has 0 aliphatic heterocycles. The molecule has 182 valence electrons. The third-order valence-corrected chi connectivity index (χ3v) is 6.54. The fourth-order valence-electron chi connectivity index (χ4n) is 3.79. The predicted molar refractivity (Wildman–Crippen MR) is 138 cm³/mol. The third-order valence-electron chi connectivity index (χ3n) is 5.36. The van der Waals surface area contributed by atoms with Crippen LogP contribution in [0.4, 0.5) is 5.82 Å². The van der Waals surface area contributed by atoms with E-state index in [-0.39, 0.29) is 23.7 Å². The van der Waals surface area contributed by atoms with Gasteiger partial charge in [-0.3, -0.25) is 4.57 Å². The zero-order chi connectivity index (χ0) is 25.2. The van der Waals surface area contributed by atoms with E-state index in [1.165, 1.54) is 11.8 Å². The standard InChI is InChI=1S/C25H21ClN6O3S/c1-3-34-24(33)19-14(2)35-23-20(19)21(27)28-18(29-23)13-36-25-31-30-22(15-7-5-4-6-8-15)32(25)17-11-9-16(26)10-12-17/h4-12H,3,13H2,1-2H3,(H2,27,28,29). The second-order valence-corrected chi connectivity index (χ2v) is 9.11. The number of nitrogens with two attached hydrogens (primary N) is 1. The molecule has 5 rings (SSSR count). The Morgan fingerprint density at radius 2 is 1.86 bits per heavy atom. The Bertz CT molecular complexity index is 1550. The first kappa shape index (κ1) is 23.8. The van der Waals surface area contributed by atoms with Crippen molar-refractivity contribution < 1.29 is 13.9 Å². The van der Waals surface area contributed by atoms with Crippen LogP contribution in [0.1, 0.15) is 28.9 Å². The molecule has 3 aromatic heterocycles. The van der Waals surface area contributed by atoms with Gasteiger partial charge in [0, 0.05) is 16.3 Å². The van der Waals surface area contributed by atoms with Crippen molar-refractivity contribution in [1.29, 1.82) is 0 Å². The maximum atomic E-state index is 12.4. The Hall–Kier alpha value is -3.89. The lowest BCUT2D eigenvalue weighted by molar-refractivity contribution is 0.0526. The molecular formula is C25H21ClN6O3S. The maximum absolute atomic E-state index is 12.4. The molecule has 0 saturated heterocycles. The molecule has 0 unspecified atom stereocenters. The van der Waals surface area contributed by atoms with Gasteiger partial charge >= 0.3 is 5.97 Å². The van der Waals surface area contributed by atoms with E-state index in [4.69, 9.17) is 26.5 Å². The van der Waals surface area contributed by atoms with Gasteiger partial charge in [0.05, 0.1) is 17.7 Å². The minimum Gasteiger partial charge on any atom is -0.462 e. The number of aromatic nitrogens is 5. The molecule has 5 aromatic rings. The van der Waals surface area contributed by atoms with Crippen molar-refractivity contribution in [2.45, 2.75) is 24.8 Å². The number of benzene rings is 2. The van der Waals surface area contributed by atoms with Crippen LogP contribution in [0.15, 0.2) is 64.2 Å². The summed E-state index contributed by atoms with van der Waals surface area (Å²) >= 11 is 7.51. The number of halogens is 1. The lowest BCUT2D eigenvalue weighted by Gasteiger charge is -2.10. The van der Waals surface area contributed by atoms with Gasteiger partial charge in [-0.05, 0) is 38.1 Å². The quantitative estimate of drug-likeness (QED) is 0.219.